The second-order valence-corrected chi connectivity index (χ2v) is 5.54. The summed E-state index contributed by atoms with van der Waals surface area (Å²) < 4.78 is 18.0. The summed E-state index contributed by atoms with van der Waals surface area (Å²) in [6, 6.07) is 12.6. The fourth-order valence-corrected chi connectivity index (χ4v) is 2.31. The van der Waals surface area contributed by atoms with E-state index in [1.54, 1.807) is 43.3 Å². The smallest absolute Gasteiger partial charge is 0.338 e. The molecule has 0 radical (unpaired) electrons. The largest absolute Gasteiger partial charge is 0.462 e. The molecule has 0 unspecified atom stereocenters. The number of nitrogens with one attached hydrogen (secondary N) is 2. The van der Waals surface area contributed by atoms with Crippen molar-refractivity contribution in [3.63, 3.8) is 0 Å². The SMILES string of the molecule is CCOC(=O)c1ccc(Nc2ncnc(Nc3ccc(F)cc3)c2N)cc1. The number of nitrogens with zero attached hydrogens (tertiary/aromatic N) is 2. The molecule has 0 aliphatic heterocycles. The van der Waals surface area contributed by atoms with E-state index in [1.807, 2.05) is 0 Å². The first-order chi connectivity index (χ1) is 13.1. The van der Waals surface area contributed by atoms with Gasteiger partial charge in [-0.2, -0.15) is 0 Å². The molecule has 0 spiro atoms. The maximum absolute atomic E-state index is 13.0. The number of aromatic nitrogens is 2. The summed E-state index contributed by atoms with van der Waals surface area (Å²) >= 11 is 0. The van der Waals surface area contributed by atoms with Crippen LogP contribution in [-0.4, -0.2) is 22.5 Å². The Bertz CT molecular complexity index is 930. The second-order valence-electron chi connectivity index (χ2n) is 5.54. The third-order valence-electron chi connectivity index (χ3n) is 3.65. The molecule has 3 rings (SSSR count). The van der Waals surface area contributed by atoms with E-state index in [2.05, 4.69) is 20.6 Å². The van der Waals surface area contributed by atoms with Gasteiger partial charge in [-0.1, -0.05) is 0 Å². The number of nitrogen functional groups attached to an aromatic ring is 1. The molecule has 7 nitrogen and oxygen atoms in total. The number of carbonyl (C=O) groups is 1. The Morgan fingerprint density at radius 2 is 1.52 bits per heavy atom. The van der Waals surface area contributed by atoms with Gasteiger partial charge in [0, 0.05) is 11.4 Å². The van der Waals surface area contributed by atoms with E-state index in [0.717, 1.165) is 0 Å². The predicted molar refractivity (Wildman–Crippen MR) is 102 cm³/mol. The van der Waals surface area contributed by atoms with Crippen molar-refractivity contribution in [2.45, 2.75) is 6.92 Å². The van der Waals surface area contributed by atoms with Gasteiger partial charge in [0.2, 0.25) is 0 Å². The molecule has 0 fully saturated rings. The summed E-state index contributed by atoms with van der Waals surface area (Å²) in [4.78, 5) is 19.9. The number of hydrogen-bond donors (Lipinski definition) is 3. The first kappa shape index (κ1) is 18.1. The van der Waals surface area contributed by atoms with E-state index in [9.17, 15) is 9.18 Å². The zero-order valence-electron chi connectivity index (χ0n) is 14.6. The van der Waals surface area contributed by atoms with Crippen LogP contribution in [0.15, 0.2) is 54.9 Å². The number of benzene rings is 2. The zero-order chi connectivity index (χ0) is 19.2. The van der Waals surface area contributed by atoms with Crippen LogP contribution in [0.3, 0.4) is 0 Å². The van der Waals surface area contributed by atoms with Gasteiger partial charge >= 0.3 is 5.97 Å². The Labute approximate surface area is 155 Å². The number of carbonyl (C=O) groups excluding carboxylic acids is 1. The zero-order valence-corrected chi connectivity index (χ0v) is 14.6. The predicted octanol–water partition coefficient (Wildman–Crippen LogP) is 3.86. The highest BCUT2D eigenvalue weighted by molar-refractivity contribution is 5.90. The molecule has 0 saturated heterocycles. The Balaban J connectivity index is 1.75. The minimum atomic E-state index is -0.378. The first-order valence-corrected chi connectivity index (χ1v) is 8.24. The summed E-state index contributed by atoms with van der Waals surface area (Å²) in [6.45, 7) is 2.07. The standard InChI is InChI=1S/C19H18FN5O2/c1-2-27-19(26)12-3-7-14(8-4-12)24-17-16(21)18(23-11-22-17)25-15-9-5-13(20)6-10-15/h3-11H,2,21H2,1H3,(H2,22,23,24,25). The van der Waals surface area contributed by atoms with Crippen LogP contribution in [0.4, 0.5) is 33.1 Å². The minimum Gasteiger partial charge on any atom is -0.462 e. The quantitative estimate of drug-likeness (QED) is 0.569. The second kappa shape index (κ2) is 8.13. The molecule has 0 atom stereocenters. The highest BCUT2D eigenvalue weighted by atomic mass is 19.1. The number of nitrogens with two attached hydrogens (primary N) is 1. The normalized spacial score (nSPS) is 10.3. The lowest BCUT2D eigenvalue weighted by Crippen LogP contribution is -2.06. The van der Waals surface area contributed by atoms with Crippen molar-refractivity contribution >= 4 is 34.7 Å². The van der Waals surface area contributed by atoms with Crippen molar-refractivity contribution in [2.24, 2.45) is 0 Å². The van der Waals surface area contributed by atoms with Crippen molar-refractivity contribution in [1.82, 2.24) is 9.97 Å². The fraction of sp³-hybridized carbons (Fsp3) is 0.105. The molecule has 8 heteroatoms. The van der Waals surface area contributed by atoms with Gasteiger partial charge in [0.15, 0.2) is 11.6 Å². The van der Waals surface area contributed by atoms with Gasteiger partial charge in [-0.05, 0) is 55.5 Å². The van der Waals surface area contributed by atoms with Gasteiger partial charge < -0.3 is 21.1 Å². The Morgan fingerprint density at radius 3 is 2.04 bits per heavy atom. The fourth-order valence-electron chi connectivity index (χ4n) is 2.31. The average molecular weight is 367 g/mol. The van der Waals surface area contributed by atoms with Gasteiger partial charge in [0.05, 0.1) is 12.2 Å². The summed E-state index contributed by atoms with van der Waals surface area (Å²) in [7, 11) is 0. The monoisotopic (exact) mass is 367 g/mol. The minimum absolute atomic E-state index is 0.302. The number of anilines is 5. The lowest BCUT2D eigenvalue weighted by atomic mass is 10.2. The number of hydrogen-bond acceptors (Lipinski definition) is 7. The lowest BCUT2D eigenvalue weighted by molar-refractivity contribution is 0.0526. The van der Waals surface area contributed by atoms with E-state index in [0.29, 0.717) is 40.9 Å². The van der Waals surface area contributed by atoms with Crippen LogP contribution in [-0.2, 0) is 4.74 Å². The molecule has 0 saturated carbocycles. The van der Waals surface area contributed by atoms with Crippen molar-refractivity contribution in [3.05, 3.63) is 66.2 Å². The van der Waals surface area contributed by atoms with Crippen LogP contribution in [0.2, 0.25) is 0 Å². The van der Waals surface area contributed by atoms with Crippen molar-refractivity contribution in [1.29, 1.82) is 0 Å². The topological polar surface area (TPSA) is 102 Å². The molecule has 1 heterocycles. The third-order valence-corrected chi connectivity index (χ3v) is 3.65. The van der Waals surface area contributed by atoms with Crippen molar-refractivity contribution in [2.75, 3.05) is 23.0 Å². The molecule has 1 aromatic heterocycles. The van der Waals surface area contributed by atoms with Gasteiger partial charge in [-0.3, -0.25) is 0 Å². The van der Waals surface area contributed by atoms with Gasteiger partial charge in [0.1, 0.15) is 17.8 Å². The van der Waals surface area contributed by atoms with Crippen LogP contribution in [0.5, 0.6) is 0 Å². The van der Waals surface area contributed by atoms with Gasteiger partial charge in [0.25, 0.3) is 0 Å². The number of rotatable bonds is 6. The van der Waals surface area contributed by atoms with Crippen molar-refractivity contribution < 1.29 is 13.9 Å². The van der Waals surface area contributed by atoms with E-state index in [-0.39, 0.29) is 11.8 Å². The molecular formula is C19H18FN5O2. The summed E-state index contributed by atoms with van der Waals surface area (Å²) in [5.74, 6) is 0.0852. The van der Waals surface area contributed by atoms with E-state index in [1.165, 1.54) is 18.5 Å². The number of esters is 1. The summed E-state index contributed by atoms with van der Waals surface area (Å²) in [5.41, 5.74) is 8.23. The van der Waals surface area contributed by atoms with Crippen LogP contribution < -0.4 is 16.4 Å². The van der Waals surface area contributed by atoms with E-state index >= 15 is 0 Å². The molecule has 0 bridgehead atoms. The molecule has 3 aromatic rings. The summed E-state index contributed by atoms with van der Waals surface area (Å²) in [6.07, 6.45) is 1.36. The Kier molecular flexibility index (Phi) is 5.46. The molecule has 4 N–H and O–H groups in total. The lowest BCUT2D eigenvalue weighted by Gasteiger charge is -2.13. The Hall–Kier alpha value is -3.68. The molecular weight excluding hydrogens is 349 g/mol. The molecule has 27 heavy (non-hydrogen) atoms. The average Bonchev–Trinajstić information content (AvgIpc) is 2.67. The highest BCUT2D eigenvalue weighted by Gasteiger charge is 2.10. The maximum atomic E-state index is 13.0. The molecule has 0 aliphatic rings. The van der Waals surface area contributed by atoms with Crippen molar-refractivity contribution in [3.8, 4) is 0 Å². The number of ether oxygens (including phenoxy) is 1. The third kappa shape index (κ3) is 4.49. The maximum Gasteiger partial charge on any atom is 0.338 e. The molecule has 2 aromatic carbocycles. The molecule has 0 aliphatic carbocycles. The molecule has 0 amide bonds. The van der Waals surface area contributed by atoms with Crippen LogP contribution in [0, 0.1) is 5.82 Å². The Morgan fingerprint density at radius 1 is 1.00 bits per heavy atom. The van der Waals surface area contributed by atoms with Gasteiger partial charge in [-0.15, -0.1) is 0 Å². The van der Waals surface area contributed by atoms with Crippen LogP contribution in [0.25, 0.3) is 0 Å². The van der Waals surface area contributed by atoms with Crippen LogP contribution >= 0.6 is 0 Å². The first-order valence-electron chi connectivity index (χ1n) is 8.24. The van der Waals surface area contributed by atoms with E-state index in [4.69, 9.17) is 10.5 Å². The molecule has 138 valence electrons. The summed E-state index contributed by atoms with van der Waals surface area (Å²) in [5, 5.41) is 6.10. The highest BCUT2D eigenvalue weighted by Crippen LogP contribution is 2.28. The van der Waals surface area contributed by atoms with Crippen LogP contribution in [0.1, 0.15) is 17.3 Å². The van der Waals surface area contributed by atoms with Gasteiger partial charge in [-0.25, -0.2) is 19.2 Å². The number of halogens is 1. The van der Waals surface area contributed by atoms with E-state index < -0.39 is 0 Å².